The van der Waals surface area contributed by atoms with Gasteiger partial charge in [0.15, 0.2) is 0 Å². The topological polar surface area (TPSA) is 0 Å². The van der Waals surface area contributed by atoms with E-state index in [0.717, 1.165) is 5.54 Å². The summed E-state index contributed by atoms with van der Waals surface area (Å²) < 4.78 is 0. The molecule has 0 spiro atoms. The van der Waals surface area contributed by atoms with Gasteiger partial charge in [-0.3, -0.25) is 0 Å². The third kappa shape index (κ3) is 12.1. The van der Waals surface area contributed by atoms with Crippen LogP contribution in [0.3, 0.4) is 0 Å². The van der Waals surface area contributed by atoms with Gasteiger partial charge < -0.3 is 0 Å². The number of hydrogen-bond donors (Lipinski definition) is 0. The normalized spacial score (nSPS) is 13.2. The molecule has 15 heavy (non-hydrogen) atoms. The first-order valence-corrected chi connectivity index (χ1v) is 8.46. The fraction of sp³-hybridized carbons (Fsp3) is 1.00. The molecule has 0 aliphatic heterocycles. The van der Waals surface area contributed by atoms with E-state index in [-0.39, 0.29) is 0 Å². The first-order chi connectivity index (χ1) is 7.31. The summed E-state index contributed by atoms with van der Waals surface area (Å²) in [7, 11) is 1.43. The van der Waals surface area contributed by atoms with E-state index in [1.807, 2.05) is 0 Å². The smallest absolute Gasteiger partial charge is 0.00672 e. The molecule has 0 aromatic carbocycles. The standard InChI is InChI=1S/C14H32Si/c1-3-5-7-9-11-13-14(15)12-10-8-6-4-2/h14H,3-13H2,1-2,15H3. The summed E-state index contributed by atoms with van der Waals surface area (Å²) in [5.41, 5.74) is 1.11. The van der Waals surface area contributed by atoms with Crippen LogP contribution in [-0.2, 0) is 0 Å². The molecule has 0 fully saturated rings. The van der Waals surface area contributed by atoms with Gasteiger partial charge in [0.25, 0.3) is 0 Å². The van der Waals surface area contributed by atoms with E-state index in [1.54, 1.807) is 0 Å². The Morgan fingerprint density at radius 2 is 1.07 bits per heavy atom. The zero-order valence-electron chi connectivity index (χ0n) is 11.4. The molecule has 1 heteroatoms. The van der Waals surface area contributed by atoms with Gasteiger partial charge in [-0.15, -0.1) is 0 Å². The maximum atomic E-state index is 2.30. The van der Waals surface area contributed by atoms with E-state index in [2.05, 4.69) is 13.8 Å². The molecule has 0 aliphatic carbocycles. The minimum Gasteiger partial charge on any atom is -0.0654 e. The highest BCUT2D eigenvalue weighted by atomic mass is 28.1. The molecule has 0 rings (SSSR count). The molecular formula is C14H32Si. The maximum Gasteiger partial charge on any atom is 0.00672 e. The predicted molar refractivity (Wildman–Crippen MR) is 75.8 cm³/mol. The van der Waals surface area contributed by atoms with Gasteiger partial charge >= 0.3 is 0 Å². The van der Waals surface area contributed by atoms with Crippen molar-refractivity contribution < 1.29 is 0 Å². The van der Waals surface area contributed by atoms with Crippen LogP contribution in [0.1, 0.15) is 84.5 Å². The van der Waals surface area contributed by atoms with Crippen molar-refractivity contribution in [3.63, 3.8) is 0 Å². The van der Waals surface area contributed by atoms with E-state index in [0.29, 0.717) is 0 Å². The van der Waals surface area contributed by atoms with Gasteiger partial charge in [0, 0.05) is 10.2 Å². The van der Waals surface area contributed by atoms with Crippen molar-refractivity contribution in [2.45, 2.75) is 90.0 Å². The average molecular weight is 228 g/mol. The van der Waals surface area contributed by atoms with Crippen LogP contribution in [0, 0.1) is 0 Å². The highest BCUT2D eigenvalue weighted by molar-refractivity contribution is 6.11. The van der Waals surface area contributed by atoms with Crippen LogP contribution in [0.5, 0.6) is 0 Å². The molecule has 0 nitrogen and oxygen atoms in total. The van der Waals surface area contributed by atoms with Crippen LogP contribution in [-0.4, -0.2) is 10.2 Å². The van der Waals surface area contributed by atoms with Crippen molar-refractivity contribution in [3.8, 4) is 0 Å². The summed E-state index contributed by atoms with van der Waals surface area (Å²) in [6.07, 6.45) is 16.1. The lowest BCUT2D eigenvalue weighted by atomic mass is 10.0. The van der Waals surface area contributed by atoms with Crippen LogP contribution < -0.4 is 0 Å². The van der Waals surface area contributed by atoms with Crippen molar-refractivity contribution in [1.82, 2.24) is 0 Å². The first-order valence-electron chi connectivity index (χ1n) is 7.31. The Balaban J connectivity index is 3.08. The van der Waals surface area contributed by atoms with Crippen molar-refractivity contribution in [2.75, 3.05) is 0 Å². The third-order valence-corrected chi connectivity index (χ3v) is 4.51. The molecule has 0 aliphatic rings. The van der Waals surface area contributed by atoms with Crippen molar-refractivity contribution >= 4 is 10.2 Å². The van der Waals surface area contributed by atoms with E-state index < -0.39 is 0 Å². The molecule has 1 atom stereocenters. The van der Waals surface area contributed by atoms with Crippen molar-refractivity contribution in [3.05, 3.63) is 0 Å². The molecule has 0 heterocycles. The molecule has 0 aromatic rings. The highest BCUT2D eigenvalue weighted by Crippen LogP contribution is 2.20. The van der Waals surface area contributed by atoms with E-state index >= 15 is 0 Å². The Morgan fingerprint density at radius 1 is 0.667 bits per heavy atom. The average Bonchev–Trinajstić information content (AvgIpc) is 2.24. The van der Waals surface area contributed by atoms with Crippen LogP contribution in [0.15, 0.2) is 0 Å². The molecule has 92 valence electrons. The summed E-state index contributed by atoms with van der Waals surface area (Å²) in [5.74, 6) is 0. The van der Waals surface area contributed by atoms with Gasteiger partial charge in [-0.1, -0.05) is 90.0 Å². The van der Waals surface area contributed by atoms with Gasteiger partial charge in [0.2, 0.25) is 0 Å². The molecule has 1 unspecified atom stereocenters. The second-order valence-corrected chi connectivity index (χ2v) is 6.79. The fourth-order valence-corrected chi connectivity index (χ4v) is 2.98. The summed E-state index contributed by atoms with van der Waals surface area (Å²) >= 11 is 0. The van der Waals surface area contributed by atoms with Gasteiger partial charge in [-0.2, -0.15) is 0 Å². The minimum atomic E-state index is 1.11. The summed E-state index contributed by atoms with van der Waals surface area (Å²) in [6.45, 7) is 4.59. The van der Waals surface area contributed by atoms with Crippen molar-refractivity contribution in [1.29, 1.82) is 0 Å². The molecule has 0 amide bonds. The van der Waals surface area contributed by atoms with E-state index in [4.69, 9.17) is 0 Å². The van der Waals surface area contributed by atoms with Crippen LogP contribution in [0.2, 0.25) is 5.54 Å². The van der Waals surface area contributed by atoms with Gasteiger partial charge in [0.05, 0.1) is 0 Å². The monoisotopic (exact) mass is 228 g/mol. The van der Waals surface area contributed by atoms with Crippen LogP contribution >= 0.6 is 0 Å². The quantitative estimate of drug-likeness (QED) is 0.361. The number of unbranched alkanes of at least 4 members (excludes halogenated alkanes) is 7. The van der Waals surface area contributed by atoms with Crippen molar-refractivity contribution in [2.24, 2.45) is 0 Å². The van der Waals surface area contributed by atoms with Gasteiger partial charge in [0.1, 0.15) is 0 Å². The van der Waals surface area contributed by atoms with E-state index in [1.165, 1.54) is 80.9 Å². The third-order valence-electron chi connectivity index (χ3n) is 3.35. The number of hydrogen-bond acceptors (Lipinski definition) is 0. The SMILES string of the molecule is CCCCCCCC([SiH3])CCCCCC. The van der Waals surface area contributed by atoms with Gasteiger partial charge in [-0.25, -0.2) is 0 Å². The molecular weight excluding hydrogens is 196 g/mol. The maximum absolute atomic E-state index is 2.30. The summed E-state index contributed by atoms with van der Waals surface area (Å²) in [4.78, 5) is 0. The largest absolute Gasteiger partial charge is 0.0654 e. The lowest BCUT2D eigenvalue weighted by Gasteiger charge is -2.10. The molecule has 0 radical (unpaired) electrons. The molecule has 0 N–H and O–H groups in total. The molecule has 0 saturated carbocycles. The highest BCUT2D eigenvalue weighted by Gasteiger charge is 2.01. The summed E-state index contributed by atoms with van der Waals surface area (Å²) in [6, 6.07) is 0. The summed E-state index contributed by atoms with van der Waals surface area (Å²) in [5, 5.41) is 0. The number of rotatable bonds is 11. The molecule has 0 bridgehead atoms. The molecule has 0 aromatic heterocycles. The zero-order chi connectivity index (χ0) is 11.4. The molecule has 0 saturated heterocycles. The zero-order valence-corrected chi connectivity index (χ0v) is 13.4. The van der Waals surface area contributed by atoms with Gasteiger partial charge in [-0.05, 0) is 0 Å². The van der Waals surface area contributed by atoms with Crippen LogP contribution in [0.4, 0.5) is 0 Å². The minimum absolute atomic E-state index is 1.11. The Labute approximate surface area is 101 Å². The lowest BCUT2D eigenvalue weighted by molar-refractivity contribution is 0.547. The second kappa shape index (κ2) is 12.3. The Kier molecular flexibility index (Phi) is 12.5. The Hall–Kier alpha value is 0.217. The lowest BCUT2D eigenvalue weighted by Crippen LogP contribution is -1.93. The van der Waals surface area contributed by atoms with E-state index in [9.17, 15) is 0 Å². The Morgan fingerprint density at radius 3 is 1.53 bits per heavy atom. The second-order valence-electron chi connectivity index (χ2n) is 5.16. The predicted octanol–water partition coefficient (Wildman–Crippen LogP) is 4.47. The fourth-order valence-electron chi connectivity index (χ4n) is 2.16. The van der Waals surface area contributed by atoms with Crippen LogP contribution in [0.25, 0.3) is 0 Å². The Bertz CT molecular complexity index is 112. The first kappa shape index (κ1) is 15.2.